The summed E-state index contributed by atoms with van der Waals surface area (Å²) in [5.74, 6) is -0.262. The van der Waals surface area contributed by atoms with E-state index in [1.165, 1.54) is 11.9 Å². The summed E-state index contributed by atoms with van der Waals surface area (Å²) < 4.78 is 7.81. The monoisotopic (exact) mass is 580 g/mol. The summed E-state index contributed by atoms with van der Waals surface area (Å²) in [6.45, 7) is 11.6. The number of fused-ring (bicyclic) bond motifs is 1. The van der Waals surface area contributed by atoms with E-state index in [1.54, 1.807) is 16.8 Å². The summed E-state index contributed by atoms with van der Waals surface area (Å²) in [6, 6.07) is 9.82. The molecule has 42 heavy (non-hydrogen) atoms. The highest BCUT2D eigenvalue weighted by atomic mass is 16.6. The zero-order chi connectivity index (χ0) is 30.6. The SMILES string of the molecule is CC(C)N(CCCCC(=O)NC(=O)Cc1ccc(C(C)(C)C)cc1)C[C@H]1O[C@@H](n2ccc3c(N)ncnc32)[C@H](O)[C@@H]1O. The molecule has 2 amide bonds. The normalized spacial score (nSPS) is 21.0. The zero-order valence-corrected chi connectivity index (χ0v) is 25.2. The van der Waals surface area contributed by atoms with Gasteiger partial charge in [-0.25, -0.2) is 9.97 Å². The Bertz CT molecular complexity index is 1370. The largest absolute Gasteiger partial charge is 0.387 e. The Hall–Kier alpha value is -3.38. The number of imide groups is 1. The molecule has 11 heteroatoms. The second kappa shape index (κ2) is 13.3. The maximum absolute atomic E-state index is 12.4. The minimum absolute atomic E-state index is 0.0406. The lowest BCUT2D eigenvalue weighted by Gasteiger charge is -2.30. The van der Waals surface area contributed by atoms with Gasteiger partial charge in [0.15, 0.2) is 6.23 Å². The average molecular weight is 581 g/mol. The second-order valence-electron chi connectivity index (χ2n) is 12.4. The van der Waals surface area contributed by atoms with Crippen LogP contribution in [0.2, 0.25) is 0 Å². The van der Waals surface area contributed by atoms with Crippen LogP contribution in [-0.2, 0) is 26.2 Å². The van der Waals surface area contributed by atoms with E-state index < -0.39 is 24.5 Å². The fourth-order valence-electron chi connectivity index (χ4n) is 5.27. The number of unbranched alkanes of at least 4 members (excludes halogenated alkanes) is 1. The molecule has 3 aromatic rings. The van der Waals surface area contributed by atoms with Gasteiger partial charge in [-0.05, 0) is 55.8 Å². The van der Waals surface area contributed by atoms with Crippen molar-refractivity contribution in [1.82, 2.24) is 24.8 Å². The van der Waals surface area contributed by atoms with Crippen molar-refractivity contribution in [2.75, 3.05) is 18.8 Å². The molecule has 5 N–H and O–H groups in total. The minimum Gasteiger partial charge on any atom is -0.387 e. The number of benzene rings is 1. The van der Waals surface area contributed by atoms with Crippen LogP contribution < -0.4 is 11.1 Å². The van der Waals surface area contributed by atoms with Crippen molar-refractivity contribution in [3.8, 4) is 0 Å². The molecule has 3 heterocycles. The molecule has 1 aliphatic rings. The Kier molecular flexibility index (Phi) is 9.98. The van der Waals surface area contributed by atoms with Gasteiger partial charge in [0.2, 0.25) is 11.8 Å². The Morgan fingerprint density at radius 3 is 2.45 bits per heavy atom. The molecule has 0 radical (unpaired) electrons. The van der Waals surface area contributed by atoms with Crippen molar-refractivity contribution < 1.29 is 24.5 Å². The molecule has 4 atom stereocenters. The Morgan fingerprint density at radius 1 is 1.07 bits per heavy atom. The molecule has 1 saturated heterocycles. The van der Waals surface area contributed by atoms with Crippen molar-refractivity contribution in [3.05, 3.63) is 54.0 Å². The first-order chi connectivity index (χ1) is 19.8. The van der Waals surface area contributed by atoms with Gasteiger partial charge in [0, 0.05) is 25.2 Å². The molecule has 0 bridgehead atoms. The van der Waals surface area contributed by atoms with Gasteiger partial charge in [-0.15, -0.1) is 0 Å². The number of aliphatic hydroxyl groups is 2. The molecule has 0 aliphatic carbocycles. The number of rotatable bonds is 11. The first-order valence-electron chi connectivity index (χ1n) is 14.6. The number of aromatic nitrogens is 3. The summed E-state index contributed by atoms with van der Waals surface area (Å²) in [6.07, 6.45) is 1.14. The molecule has 4 rings (SSSR count). The van der Waals surface area contributed by atoms with Crippen LogP contribution >= 0.6 is 0 Å². The summed E-state index contributed by atoms with van der Waals surface area (Å²) >= 11 is 0. The van der Waals surface area contributed by atoms with Gasteiger partial charge < -0.3 is 25.3 Å². The van der Waals surface area contributed by atoms with Gasteiger partial charge in [-0.1, -0.05) is 45.0 Å². The van der Waals surface area contributed by atoms with Crippen molar-refractivity contribution in [1.29, 1.82) is 0 Å². The molecule has 1 fully saturated rings. The number of hydrogen-bond donors (Lipinski definition) is 4. The van der Waals surface area contributed by atoms with E-state index in [4.69, 9.17) is 10.5 Å². The van der Waals surface area contributed by atoms with Crippen molar-refractivity contribution in [2.24, 2.45) is 0 Å². The number of hydrogen-bond acceptors (Lipinski definition) is 9. The first-order valence-corrected chi connectivity index (χ1v) is 14.6. The van der Waals surface area contributed by atoms with Crippen molar-refractivity contribution in [3.63, 3.8) is 0 Å². The standard InChI is InChI=1S/C31H44N6O5/c1-19(2)36(14-7-6-8-24(38)35-25(39)16-20-9-11-21(12-10-20)31(3,4)5)17-23-26(40)27(41)30(42-23)37-15-13-22-28(32)33-18-34-29(22)37/h9-13,15,18-19,23,26-27,30,40-41H,6-8,14,16-17H2,1-5H3,(H2,32,33,34)(H,35,38,39)/t23-,26-,27-,30-/m1/s1. The van der Waals surface area contributed by atoms with Crippen LogP contribution in [0.5, 0.6) is 0 Å². The second-order valence-corrected chi connectivity index (χ2v) is 12.4. The highest BCUT2D eigenvalue weighted by Gasteiger charge is 2.44. The summed E-state index contributed by atoms with van der Waals surface area (Å²) in [5.41, 5.74) is 8.56. The van der Waals surface area contributed by atoms with Crippen LogP contribution in [0, 0.1) is 0 Å². The van der Waals surface area contributed by atoms with Crippen LogP contribution in [0.1, 0.15) is 71.2 Å². The highest BCUT2D eigenvalue weighted by molar-refractivity contribution is 5.96. The molecule has 0 saturated carbocycles. The van der Waals surface area contributed by atoms with Crippen LogP contribution in [0.3, 0.4) is 0 Å². The number of amides is 2. The highest BCUT2D eigenvalue weighted by Crippen LogP contribution is 2.33. The lowest BCUT2D eigenvalue weighted by Crippen LogP contribution is -2.43. The molecule has 0 spiro atoms. The average Bonchev–Trinajstić information content (AvgIpc) is 3.47. The van der Waals surface area contributed by atoms with Gasteiger partial charge in [0.1, 0.15) is 36.1 Å². The van der Waals surface area contributed by atoms with Gasteiger partial charge in [-0.2, -0.15) is 0 Å². The number of anilines is 1. The van der Waals surface area contributed by atoms with Gasteiger partial charge >= 0.3 is 0 Å². The summed E-state index contributed by atoms with van der Waals surface area (Å²) in [7, 11) is 0. The van der Waals surface area contributed by atoms with E-state index in [1.807, 2.05) is 38.1 Å². The van der Waals surface area contributed by atoms with Gasteiger partial charge in [0.25, 0.3) is 0 Å². The summed E-state index contributed by atoms with van der Waals surface area (Å²) in [4.78, 5) is 35.2. The minimum atomic E-state index is -1.14. The van der Waals surface area contributed by atoms with Gasteiger partial charge in [-0.3, -0.25) is 19.8 Å². The predicted molar refractivity (Wildman–Crippen MR) is 160 cm³/mol. The molecule has 1 aromatic carbocycles. The van der Waals surface area contributed by atoms with Crippen molar-refractivity contribution >= 4 is 28.7 Å². The molecular weight excluding hydrogens is 536 g/mol. The van der Waals surface area contributed by atoms with E-state index in [-0.39, 0.29) is 36.1 Å². The third-order valence-electron chi connectivity index (χ3n) is 7.86. The van der Waals surface area contributed by atoms with Crippen molar-refractivity contribution in [2.45, 2.75) is 96.3 Å². The molecule has 11 nitrogen and oxygen atoms in total. The van der Waals surface area contributed by atoms with E-state index in [9.17, 15) is 19.8 Å². The van der Waals surface area contributed by atoms with Crippen LogP contribution in [0.25, 0.3) is 11.0 Å². The van der Waals surface area contributed by atoms with E-state index >= 15 is 0 Å². The smallest absolute Gasteiger partial charge is 0.230 e. The number of nitrogens with zero attached hydrogens (tertiary/aromatic N) is 4. The molecule has 0 unspecified atom stereocenters. The number of carbonyl (C=O) groups excluding carboxylic acids is 2. The van der Waals surface area contributed by atoms with Crippen LogP contribution in [-0.4, -0.2) is 78.9 Å². The number of nitrogen functional groups attached to an aromatic ring is 1. The topological polar surface area (TPSA) is 156 Å². The third-order valence-corrected chi connectivity index (χ3v) is 7.86. The quantitative estimate of drug-likeness (QED) is 0.251. The Labute approximate surface area is 247 Å². The van der Waals surface area contributed by atoms with Crippen LogP contribution in [0.15, 0.2) is 42.9 Å². The van der Waals surface area contributed by atoms with E-state index in [0.29, 0.717) is 36.4 Å². The molecule has 1 aliphatic heterocycles. The maximum atomic E-state index is 12.4. The zero-order valence-electron chi connectivity index (χ0n) is 25.2. The maximum Gasteiger partial charge on any atom is 0.230 e. The number of carbonyl (C=O) groups is 2. The molecule has 228 valence electrons. The fraction of sp³-hybridized carbons (Fsp3) is 0.548. The Morgan fingerprint density at radius 2 is 1.79 bits per heavy atom. The lowest BCUT2D eigenvalue weighted by atomic mass is 9.86. The summed E-state index contributed by atoms with van der Waals surface area (Å²) in [5, 5.41) is 24.8. The Balaban J connectivity index is 1.23. The van der Waals surface area contributed by atoms with Crippen LogP contribution in [0.4, 0.5) is 5.82 Å². The third kappa shape index (κ3) is 7.52. The molecule has 2 aromatic heterocycles. The number of aliphatic hydroxyl groups excluding tert-OH is 2. The predicted octanol–water partition coefficient (Wildman–Crippen LogP) is 2.70. The lowest BCUT2D eigenvalue weighted by molar-refractivity contribution is -0.130. The molecular formula is C31H44N6O5. The van der Waals surface area contributed by atoms with Gasteiger partial charge in [0.05, 0.1) is 11.8 Å². The number of nitrogens with two attached hydrogens (primary N) is 1. The number of nitrogens with one attached hydrogen (secondary N) is 1. The fourth-order valence-corrected chi connectivity index (χ4v) is 5.27. The van der Waals surface area contributed by atoms with E-state index in [0.717, 1.165) is 12.0 Å². The number of ether oxygens (including phenoxy) is 1. The first kappa shape index (κ1) is 31.6. The van der Waals surface area contributed by atoms with E-state index in [2.05, 4.69) is 41.0 Å².